The number of hydrogen-bond donors (Lipinski definition) is 1. The molecule has 0 unspecified atom stereocenters. The number of fused-ring (bicyclic) bond motifs is 2. The lowest BCUT2D eigenvalue weighted by atomic mass is 10.0. The Balaban J connectivity index is 1.31. The Morgan fingerprint density at radius 1 is 0.882 bits per heavy atom. The number of anilines is 2. The highest BCUT2D eigenvalue weighted by Gasteiger charge is 2.29. The number of rotatable bonds is 6. The van der Waals surface area contributed by atoms with Crippen molar-refractivity contribution in [3.05, 3.63) is 96.6 Å². The molecule has 0 bridgehead atoms. The molecule has 1 aliphatic rings. The van der Waals surface area contributed by atoms with E-state index in [4.69, 9.17) is 4.74 Å². The van der Waals surface area contributed by atoms with E-state index in [9.17, 15) is 13.2 Å². The van der Waals surface area contributed by atoms with Gasteiger partial charge in [-0.3, -0.25) is 9.10 Å². The van der Waals surface area contributed by atoms with Gasteiger partial charge in [0.05, 0.1) is 10.6 Å². The van der Waals surface area contributed by atoms with E-state index in [1.807, 2.05) is 48.5 Å². The first-order valence-electron chi connectivity index (χ1n) is 11.1. The fourth-order valence-electron chi connectivity index (χ4n) is 4.19. The smallest absolute Gasteiger partial charge is 0.264 e. The highest BCUT2D eigenvalue weighted by Crippen LogP contribution is 2.34. The van der Waals surface area contributed by atoms with Crippen molar-refractivity contribution in [2.75, 3.05) is 22.8 Å². The number of benzene rings is 4. The van der Waals surface area contributed by atoms with Gasteiger partial charge in [-0.25, -0.2) is 8.42 Å². The summed E-state index contributed by atoms with van der Waals surface area (Å²) in [6, 6.07) is 27.4. The summed E-state index contributed by atoms with van der Waals surface area (Å²) in [6.45, 7) is 0.244. The van der Waals surface area contributed by atoms with Crippen LogP contribution in [0.15, 0.2) is 95.9 Å². The molecule has 0 aromatic heterocycles. The molecule has 6 nitrogen and oxygen atoms in total. The van der Waals surface area contributed by atoms with Crippen LogP contribution >= 0.6 is 0 Å². The van der Waals surface area contributed by atoms with Crippen molar-refractivity contribution in [3.63, 3.8) is 0 Å². The molecule has 0 spiro atoms. The minimum Gasteiger partial charge on any atom is -0.484 e. The number of amides is 1. The molecule has 1 amide bonds. The third kappa shape index (κ3) is 4.47. The second-order valence-corrected chi connectivity index (χ2v) is 10.0. The maximum atomic E-state index is 13.3. The second-order valence-electron chi connectivity index (χ2n) is 8.18. The lowest BCUT2D eigenvalue weighted by Crippen LogP contribution is -2.35. The Morgan fingerprint density at radius 2 is 1.65 bits per heavy atom. The van der Waals surface area contributed by atoms with Gasteiger partial charge in [-0.15, -0.1) is 0 Å². The fraction of sp³-hybridized carbons (Fsp3) is 0.148. The number of carbonyl (C=O) groups is 1. The van der Waals surface area contributed by atoms with E-state index in [2.05, 4.69) is 5.32 Å². The number of sulfonamides is 1. The van der Waals surface area contributed by atoms with E-state index in [1.54, 1.807) is 42.5 Å². The van der Waals surface area contributed by atoms with Crippen LogP contribution in [0, 0.1) is 0 Å². The van der Waals surface area contributed by atoms with Gasteiger partial charge in [0.1, 0.15) is 5.75 Å². The number of hydrogen-bond acceptors (Lipinski definition) is 4. The minimum atomic E-state index is -3.69. The highest BCUT2D eigenvalue weighted by molar-refractivity contribution is 7.92. The number of ether oxygens (including phenoxy) is 1. The largest absolute Gasteiger partial charge is 0.484 e. The van der Waals surface area contributed by atoms with Gasteiger partial charge in [-0.05, 0) is 65.6 Å². The summed E-state index contributed by atoms with van der Waals surface area (Å²) < 4.78 is 33.6. The molecule has 0 fully saturated rings. The molecule has 172 valence electrons. The van der Waals surface area contributed by atoms with Crippen LogP contribution in [0.5, 0.6) is 5.75 Å². The van der Waals surface area contributed by atoms with Crippen molar-refractivity contribution in [3.8, 4) is 5.75 Å². The first kappa shape index (κ1) is 22.0. The van der Waals surface area contributed by atoms with Crippen molar-refractivity contribution in [1.29, 1.82) is 0 Å². The molecule has 5 rings (SSSR count). The first-order valence-corrected chi connectivity index (χ1v) is 12.6. The average Bonchev–Trinajstić information content (AvgIpc) is 2.87. The van der Waals surface area contributed by atoms with Gasteiger partial charge >= 0.3 is 0 Å². The molecule has 4 aromatic carbocycles. The van der Waals surface area contributed by atoms with E-state index < -0.39 is 10.0 Å². The van der Waals surface area contributed by atoms with Gasteiger partial charge in [0, 0.05) is 12.2 Å². The average molecular weight is 473 g/mol. The predicted molar refractivity (Wildman–Crippen MR) is 134 cm³/mol. The van der Waals surface area contributed by atoms with Crippen molar-refractivity contribution < 1.29 is 17.9 Å². The molecule has 4 aromatic rings. The van der Waals surface area contributed by atoms with Crippen molar-refractivity contribution in [1.82, 2.24) is 0 Å². The summed E-state index contributed by atoms with van der Waals surface area (Å²) in [6.07, 6.45) is 1.53. The molecule has 0 radical (unpaired) electrons. The van der Waals surface area contributed by atoms with E-state index in [-0.39, 0.29) is 17.4 Å². The molecule has 0 saturated carbocycles. The summed E-state index contributed by atoms with van der Waals surface area (Å²) in [5.41, 5.74) is 2.07. The standard InChI is InChI=1S/C27H24N2O4S/c30-27(19-33-24-15-13-20-7-4-5-8-22(20)17-24)28-23-14-12-21-9-6-16-29(26(21)18-23)34(31,32)25-10-2-1-3-11-25/h1-5,7-8,10-15,17-18H,6,9,16,19H2,(H,28,30). The van der Waals surface area contributed by atoms with E-state index in [1.165, 1.54) is 4.31 Å². The van der Waals surface area contributed by atoms with Gasteiger partial charge in [-0.1, -0.05) is 54.6 Å². The summed E-state index contributed by atoms with van der Waals surface area (Å²) in [5, 5.41) is 4.96. The number of carbonyl (C=O) groups excluding carboxylic acids is 1. The Morgan fingerprint density at radius 3 is 2.47 bits per heavy atom. The van der Waals surface area contributed by atoms with Crippen LogP contribution in [0.1, 0.15) is 12.0 Å². The van der Waals surface area contributed by atoms with Gasteiger partial charge < -0.3 is 10.1 Å². The molecule has 34 heavy (non-hydrogen) atoms. The van der Waals surface area contributed by atoms with Crippen LogP contribution in [0.2, 0.25) is 0 Å². The summed E-state index contributed by atoms with van der Waals surface area (Å²) >= 11 is 0. The van der Waals surface area contributed by atoms with Crippen LogP contribution in [-0.4, -0.2) is 27.5 Å². The lowest BCUT2D eigenvalue weighted by Gasteiger charge is -2.31. The molecule has 7 heteroatoms. The quantitative estimate of drug-likeness (QED) is 0.429. The Labute approximate surface area is 198 Å². The maximum Gasteiger partial charge on any atom is 0.264 e. The Bertz CT molecular complexity index is 1450. The number of aryl methyl sites for hydroxylation is 1. The molecule has 1 aliphatic heterocycles. The van der Waals surface area contributed by atoms with Crippen LogP contribution in [0.25, 0.3) is 10.8 Å². The van der Waals surface area contributed by atoms with E-state index in [0.717, 1.165) is 29.2 Å². The highest BCUT2D eigenvalue weighted by atomic mass is 32.2. The minimum absolute atomic E-state index is 0.151. The van der Waals surface area contributed by atoms with Gasteiger partial charge in [0.2, 0.25) is 0 Å². The maximum absolute atomic E-state index is 13.3. The summed E-state index contributed by atoms with van der Waals surface area (Å²) in [4.78, 5) is 12.8. The van der Waals surface area contributed by atoms with Crippen molar-refractivity contribution >= 4 is 38.1 Å². The third-order valence-electron chi connectivity index (χ3n) is 5.87. The monoisotopic (exact) mass is 472 g/mol. The molecule has 0 saturated heterocycles. The van der Waals surface area contributed by atoms with E-state index >= 15 is 0 Å². The lowest BCUT2D eigenvalue weighted by molar-refractivity contribution is -0.118. The molecule has 1 N–H and O–H groups in total. The van der Waals surface area contributed by atoms with Gasteiger partial charge in [0.25, 0.3) is 15.9 Å². The van der Waals surface area contributed by atoms with Crippen LogP contribution in [-0.2, 0) is 21.2 Å². The van der Waals surface area contributed by atoms with Crippen LogP contribution in [0.4, 0.5) is 11.4 Å². The Kier molecular flexibility index (Phi) is 5.94. The topological polar surface area (TPSA) is 75.7 Å². The normalized spacial score (nSPS) is 13.4. The molecular formula is C27H24N2O4S. The van der Waals surface area contributed by atoms with E-state index in [0.29, 0.717) is 23.7 Å². The zero-order valence-electron chi connectivity index (χ0n) is 18.5. The fourth-order valence-corrected chi connectivity index (χ4v) is 5.75. The third-order valence-corrected chi connectivity index (χ3v) is 7.69. The van der Waals surface area contributed by atoms with Crippen LogP contribution in [0.3, 0.4) is 0 Å². The van der Waals surface area contributed by atoms with Crippen LogP contribution < -0.4 is 14.4 Å². The zero-order chi connectivity index (χ0) is 23.5. The first-order chi connectivity index (χ1) is 16.5. The molecule has 0 atom stereocenters. The molecule has 1 heterocycles. The Hall–Kier alpha value is -3.84. The summed E-state index contributed by atoms with van der Waals surface area (Å²) in [5.74, 6) is 0.292. The predicted octanol–water partition coefficient (Wildman–Crippen LogP) is 5.00. The van der Waals surface area contributed by atoms with Crippen molar-refractivity contribution in [2.45, 2.75) is 17.7 Å². The summed E-state index contributed by atoms with van der Waals surface area (Å²) in [7, 11) is -3.69. The SMILES string of the molecule is O=C(COc1ccc2ccccc2c1)Nc1ccc2c(c1)N(S(=O)(=O)c1ccccc1)CCC2. The van der Waals surface area contributed by atoms with Crippen molar-refractivity contribution in [2.24, 2.45) is 0 Å². The van der Waals surface area contributed by atoms with Gasteiger partial charge in [0.15, 0.2) is 6.61 Å². The number of nitrogens with zero attached hydrogens (tertiary/aromatic N) is 1. The molecular weight excluding hydrogens is 448 g/mol. The van der Waals surface area contributed by atoms with Gasteiger partial charge in [-0.2, -0.15) is 0 Å². The zero-order valence-corrected chi connectivity index (χ0v) is 19.3. The molecule has 0 aliphatic carbocycles. The second kappa shape index (κ2) is 9.19. The number of nitrogens with one attached hydrogen (secondary N) is 1.